The highest BCUT2D eigenvalue weighted by Gasteiger charge is 2.26. The molecule has 1 saturated carbocycles. The number of aromatic nitrogens is 4. The molecule has 0 amide bonds. The second-order valence-corrected chi connectivity index (χ2v) is 3.58. The summed E-state index contributed by atoms with van der Waals surface area (Å²) in [5.41, 5.74) is 0.850. The van der Waals surface area contributed by atoms with Crippen molar-refractivity contribution in [2.75, 3.05) is 0 Å². The number of rotatable bonds is 1. The molecule has 5 heteroatoms. The quantitative estimate of drug-likeness (QED) is 0.651. The average Bonchev–Trinajstić information content (AvgIpc) is 2.87. The molecule has 1 fully saturated rings. The van der Waals surface area contributed by atoms with Crippen LogP contribution in [0.4, 0.5) is 0 Å². The van der Waals surface area contributed by atoms with Gasteiger partial charge in [0, 0.05) is 0 Å². The van der Waals surface area contributed by atoms with Crippen LogP contribution in [0.15, 0.2) is 12.5 Å². The maximum Gasteiger partial charge on any atom is 0.162 e. The van der Waals surface area contributed by atoms with Crippen molar-refractivity contribution in [3.05, 3.63) is 17.7 Å². The summed E-state index contributed by atoms with van der Waals surface area (Å²) in [6.07, 6.45) is 5.60. The highest BCUT2D eigenvalue weighted by atomic mass is 35.5. The Morgan fingerprint density at radius 3 is 3.00 bits per heavy atom. The first-order valence-corrected chi connectivity index (χ1v) is 4.58. The lowest BCUT2D eigenvalue weighted by Crippen LogP contribution is -1.97. The predicted octanol–water partition coefficient (Wildman–Crippen LogP) is 1.81. The van der Waals surface area contributed by atoms with E-state index in [0.717, 1.165) is 11.0 Å². The van der Waals surface area contributed by atoms with E-state index in [2.05, 4.69) is 15.1 Å². The van der Waals surface area contributed by atoms with Gasteiger partial charge in [0.05, 0.1) is 17.6 Å². The molecule has 0 spiro atoms. The molecule has 13 heavy (non-hydrogen) atoms. The predicted molar refractivity (Wildman–Crippen MR) is 48.6 cm³/mol. The molecule has 1 aliphatic rings. The molecule has 0 aromatic carbocycles. The van der Waals surface area contributed by atoms with Crippen molar-refractivity contribution in [2.45, 2.75) is 18.9 Å². The second-order valence-electron chi connectivity index (χ2n) is 3.22. The Morgan fingerprint density at radius 2 is 2.23 bits per heavy atom. The van der Waals surface area contributed by atoms with Crippen molar-refractivity contribution >= 4 is 22.6 Å². The largest absolute Gasteiger partial charge is 0.244 e. The minimum absolute atomic E-state index is 0.483. The van der Waals surface area contributed by atoms with E-state index in [1.165, 1.54) is 19.2 Å². The monoisotopic (exact) mass is 194 g/mol. The number of halogens is 1. The maximum atomic E-state index is 5.89. The van der Waals surface area contributed by atoms with Crippen LogP contribution < -0.4 is 0 Å². The van der Waals surface area contributed by atoms with Gasteiger partial charge in [-0.3, -0.25) is 0 Å². The highest BCUT2D eigenvalue weighted by molar-refractivity contribution is 6.33. The molecule has 2 heterocycles. The Balaban J connectivity index is 2.32. The molecule has 1 aliphatic carbocycles. The molecule has 0 saturated heterocycles. The summed E-state index contributed by atoms with van der Waals surface area (Å²) in [6.45, 7) is 0. The number of hydrogen-bond acceptors (Lipinski definition) is 3. The fourth-order valence-electron chi connectivity index (χ4n) is 1.42. The van der Waals surface area contributed by atoms with E-state index in [1.807, 2.05) is 4.68 Å². The minimum atomic E-state index is 0.483. The standard InChI is InChI=1S/C8H7ClN4/c9-7-6-3-12-13(5-1-2-5)8(6)11-4-10-7/h3-5H,1-2H2. The Kier molecular flexibility index (Phi) is 1.35. The van der Waals surface area contributed by atoms with Gasteiger partial charge in [0.25, 0.3) is 0 Å². The molecule has 0 radical (unpaired) electrons. The number of fused-ring (bicyclic) bond motifs is 1. The molecule has 0 atom stereocenters. The van der Waals surface area contributed by atoms with Gasteiger partial charge in [0.2, 0.25) is 0 Å². The highest BCUT2D eigenvalue weighted by Crippen LogP contribution is 2.36. The van der Waals surface area contributed by atoms with Crippen molar-refractivity contribution in [2.24, 2.45) is 0 Å². The topological polar surface area (TPSA) is 43.6 Å². The van der Waals surface area contributed by atoms with Crippen molar-refractivity contribution in [1.82, 2.24) is 19.7 Å². The van der Waals surface area contributed by atoms with Crippen LogP contribution in [0.2, 0.25) is 5.15 Å². The molecule has 66 valence electrons. The molecular formula is C8H7ClN4. The Morgan fingerprint density at radius 1 is 1.38 bits per heavy atom. The molecule has 0 N–H and O–H groups in total. The number of hydrogen-bond donors (Lipinski definition) is 0. The van der Waals surface area contributed by atoms with Crippen molar-refractivity contribution < 1.29 is 0 Å². The lowest BCUT2D eigenvalue weighted by atomic mass is 10.4. The van der Waals surface area contributed by atoms with E-state index in [-0.39, 0.29) is 0 Å². The van der Waals surface area contributed by atoms with E-state index in [0.29, 0.717) is 11.2 Å². The Labute approximate surface area is 79.6 Å². The van der Waals surface area contributed by atoms with Gasteiger partial charge < -0.3 is 0 Å². The molecular weight excluding hydrogens is 188 g/mol. The van der Waals surface area contributed by atoms with Crippen molar-refractivity contribution in [1.29, 1.82) is 0 Å². The van der Waals surface area contributed by atoms with Crippen LogP contribution in [0.1, 0.15) is 18.9 Å². The summed E-state index contributed by atoms with van der Waals surface area (Å²) >= 11 is 5.89. The maximum absolute atomic E-state index is 5.89. The van der Waals surface area contributed by atoms with Gasteiger partial charge >= 0.3 is 0 Å². The summed E-state index contributed by atoms with van der Waals surface area (Å²) < 4.78 is 1.93. The fraction of sp³-hybridized carbons (Fsp3) is 0.375. The molecule has 0 bridgehead atoms. The van der Waals surface area contributed by atoms with Gasteiger partial charge in [-0.1, -0.05) is 11.6 Å². The second kappa shape index (κ2) is 2.42. The summed E-state index contributed by atoms with van der Waals surface area (Å²) in [5.74, 6) is 0. The smallest absolute Gasteiger partial charge is 0.162 e. The normalized spacial score (nSPS) is 16.7. The fourth-order valence-corrected chi connectivity index (χ4v) is 1.60. The van der Waals surface area contributed by atoms with Gasteiger partial charge in [-0.15, -0.1) is 0 Å². The van der Waals surface area contributed by atoms with Crippen LogP contribution in [0.25, 0.3) is 11.0 Å². The number of nitrogens with zero attached hydrogens (tertiary/aromatic N) is 4. The van der Waals surface area contributed by atoms with Crippen LogP contribution in [-0.2, 0) is 0 Å². The van der Waals surface area contributed by atoms with Gasteiger partial charge in [0.15, 0.2) is 5.65 Å². The van der Waals surface area contributed by atoms with Crippen LogP contribution in [0.5, 0.6) is 0 Å². The average molecular weight is 195 g/mol. The summed E-state index contributed by atoms with van der Waals surface area (Å²) in [6, 6.07) is 0.531. The van der Waals surface area contributed by atoms with E-state index in [4.69, 9.17) is 11.6 Å². The van der Waals surface area contributed by atoms with Crippen LogP contribution in [0, 0.1) is 0 Å². The van der Waals surface area contributed by atoms with Gasteiger partial charge in [-0.25, -0.2) is 14.6 Å². The van der Waals surface area contributed by atoms with E-state index in [1.54, 1.807) is 6.20 Å². The molecule has 2 aromatic heterocycles. The molecule has 2 aromatic rings. The van der Waals surface area contributed by atoms with Crippen molar-refractivity contribution in [3.63, 3.8) is 0 Å². The molecule has 0 aliphatic heterocycles. The summed E-state index contributed by atoms with van der Waals surface area (Å²) in [4.78, 5) is 8.07. The first-order valence-electron chi connectivity index (χ1n) is 4.20. The Hall–Kier alpha value is -1.16. The van der Waals surface area contributed by atoms with E-state index < -0.39 is 0 Å². The zero-order chi connectivity index (χ0) is 8.84. The van der Waals surface area contributed by atoms with Gasteiger partial charge in [0.1, 0.15) is 11.5 Å². The van der Waals surface area contributed by atoms with Crippen molar-refractivity contribution in [3.8, 4) is 0 Å². The third kappa shape index (κ3) is 1.02. The lowest BCUT2D eigenvalue weighted by Gasteiger charge is -1.97. The molecule has 4 nitrogen and oxygen atoms in total. The Bertz CT molecular complexity index is 460. The summed E-state index contributed by atoms with van der Waals surface area (Å²) in [5, 5.41) is 5.57. The SMILES string of the molecule is Clc1ncnc2c1cnn2C1CC1. The zero-order valence-electron chi connectivity index (χ0n) is 6.81. The zero-order valence-corrected chi connectivity index (χ0v) is 7.57. The molecule has 0 unspecified atom stereocenters. The third-order valence-corrected chi connectivity index (χ3v) is 2.54. The molecule has 3 rings (SSSR count). The van der Waals surface area contributed by atoms with Crippen LogP contribution in [0.3, 0.4) is 0 Å². The van der Waals surface area contributed by atoms with E-state index in [9.17, 15) is 0 Å². The summed E-state index contributed by atoms with van der Waals surface area (Å²) in [7, 11) is 0. The first kappa shape index (κ1) is 7.26. The van der Waals surface area contributed by atoms with Gasteiger partial charge in [-0.05, 0) is 12.8 Å². The lowest BCUT2D eigenvalue weighted by molar-refractivity contribution is 0.658. The van der Waals surface area contributed by atoms with Crippen LogP contribution in [-0.4, -0.2) is 19.7 Å². The van der Waals surface area contributed by atoms with E-state index >= 15 is 0 Å². The first-order chi connectivity index (χ1) is 6.36. The van der Waals surface area contributed by atoms with Gasteiger partial charge in [-0.2, -0.15) is 5.10 Å². The minimum Gasteiger partial charge on any atom is -0.244 e. The van der Waals surface area contributed by atoms with Crippen LogP contribution >= 0.6 is 11.6 Å². The third-order valence-electron chi connectivity index (χ3n) is 2.24.